The first-order chi connectivity index (χ1) is 8.58. The maximum atomic E-state index is 11.9. The van der Waals surface area contributed by atoms with E-state index < -0.39 is 12.0 Å². The topological polar surface area (TPSA) is 72.9 Å². The first kappa shape index (κ1) is 13.3. The highest BCUT2D eigenvalue weighted by atomic mass is 16.4. The minimum Gasteiger partial charge on any atom is -0.480 e. The van der Waals surface area contributed by atoms with Crippen LogP contribution in [0.2, 0.25) is 0 Å². The average Bonchev–Trinajstić information content (AvgIpc) is 3.19. The molecule has 1 aliphatic carbocycles. The van der Waals surface area contributed by atoms with Gasteiger partial charge in [0.1, 0.15) is 6.04 Å². The molecule has 18 heavy (non-hydrogen) atoms. The van der Waals surface area contributed by atoms with E-state index in [-0.39, 0.29) is 5.91 Å². The summed E-state index contributed by atoms with van der Waals surface area (Å²) < 4.78 is 0. The van der Waals surface area contributed by atoms with Gasteiger partial charge in [-0.2, -0.15) is 0 Å². The van der Waals surface area contributed by atoms with Gasteiger partial charge >= 0.3 is 5.97 Å². The van der Waals surface area contributed by atoms with Crippen molar-refractivity contribution < 1.29 is 14.7 Å². The van der Waals surface area contributed by atoms with Crippen LogP contribution in [-0.4, -0.2) is 71.6 Å². The quantitative estimate of drug-likeness (QED) is 0.683. The monoisotopic (exact) mass is 255 g/mol. The number of piperazine rings is 1. The van der Waals surface area contributed by atoms with Gasteiger partial charge in [0, 0.05) is 32.2 Å². The molecule has 1 amide bonds. The van der Waals surface area contributed by atoms with E-state index >= 15 is 0 Å². The van der Waals surface area contributed by atoms with Gasteiger partial charge in [0.2, 0.25) is 5.91 Å². The van der Waals surface area contributed by atoms with Crippen molar-refractivity contribution in [2.45, 2.75) is 31.8 Å². The fourth-order valence-electron chi connectivity index (χ4n) is 2.15. The van der Waals surface area contributed by atoms with Crippen molar-refractivity contribution in [3.05, 3.63) is 0 Å². The molecule has 2 rings (SSSR count). The van der Waals surface area contributed by atoms with E-state index in [9.17, 15) is 9.59 Å². The Morgan fingerprint density at radius 2 is 1.89 bits per heavy atom. The van der Waals surface area contributed by atoms with Crippen LogP contribution in [0.25, 0.3) is 0 Å². The van der Waals surface area contributed by atoms with E-state index in [0.717, 1.165) is 0 Å². The Morgan fingerprint density at radius 1 is 1.28 bits per heavy atom. The van der Waals surface area contributed by atoms with Crippen LogP contribution in [0, 0.1) is 0 Å². The maximum absolute atomic E-state index is 11.9. The predicted molar refractivity (Wildman–Crippen MR) is 66.3 cm³/mol. The molecule has 6 heteroatoms. The molecule has 0 aromatic heterocycles. The van der Waals surface area contributed by atoms with Gasteiger partial charge in [-0.25, -0.2) is 0 Å². The van der Waals surface area contributed by atoms with Gasteiger partial charge in [0.05, 0.1) is 6.54 Å². The van der Waals surface area contributed by atoms with Gasteiger partial charge in [-0.1, -0.05) is 0 Å². The van der Waals surface area contributed by atoms with Crippen molar-refractivity contribution >= 4 is 11.9 Å². The average molecular weight is 255 g/mol. The van der Waals surface area contributed by atoms with Gasteiger partial charge in [-0.05, 0) is 19.8 Å². The Labute approximate surface area is 107 Å². The van der Waals surface area contributed by atoms with Crippen LogP contribution < -0.4 is 5.32 Å². The Balaban J connectivity index is 1.71. The summed E-state index contributed by atoms with van der Waals surface area (Å²) in [6.45, 7) is 4.64. The molecule has 0 spiro atoms. The zero-order chi connectivity index (χ0) is 13.1. The normalized spacial score (nSPS) is 22.8. The third-order valence-corrected chi connectivity index (χ3v) is 3.69. The van der Waals surface area contributed by atoms with Crippen LogP contribution >= 0.6 is 0 Å². The van der Waals surface area contributed by atoms with Crippen LogP contribution in [0.5, 0.6) is 0 Å². The number of amides is 1. The smallest absolute Gasteiger partial charge is 0.320 e. The molecule has 2 N–H and O–H groups in total. The number of aliphatic carboxylic acids is 1. The second-order valence-corrected chi connectivity index (χ2v) is 5.09. The molecule has 2 aliphatic rings. The van der Waals surface area contributed by atoms with Gasteiger partial charge in [0.25, 0.3) is 0 Å². The molecule has 0 aromatic rings. The molecular weight excluding hydrogens is 234 g/mol. The Bertz CT molecular complexity index is 323. The summed E-state index contributed by atoms with van der Waals surface area (Å²) in [4.78, 5) is 26.5. The molecule has 1 heterocycles. The SMILES string of the molecule is CC(C(=O)O)N1CCN(C(=O)CNC2CC2)CC1. The zero-order valence-corrected chi connectivity index (χ0v) is 10.8. The van der Waals surface area contributed by atoms with E-state index in [0.29, 0.717) is 38.8 Å². The Kier molecular flexibility index (Phi) is 4.19. The summed E-state index contributed by atoms with van der Waals surface area (Å²) in [5, 5.41) is 12.1. The van der Waals surface area contributed by atoms with Gasteiger partial charge in [-0.15, -0.1) is 0 Å². The van der Waals surface area contributed by atoms with Gasteiger partial charge in [-0.3, -0.25) is 14.5 Å². The Morgan fingerprint density at radius 3 is 2.39 bits per heavy atom. The minimum absolute atomic E-state index is 0.129. The van der Waals surface area contributed by atoms with Crippen LogP contribution in [0.15, 0.2) is 0 Å². The van der Waals surface area contributed by atoms with Crippen molar-refractivity contribution in [2.24, 2.45) is 0 Å². The van der Waals surface area contributed by atoms with E-state index in [1.807, 2.05) is 9.80 Å². The van der Waals surface area contributed by atoms with E-state index in [1.165, 1.54) is 12.8 Å². The molecule has 6 nitrogen and oxygen atoms in total. The number of carbonyl (C=O) groups excluding carboxylic acids is 1. The molecule has 1 atom stereocenters. The molecule has 2 fully saturated rings. The molecule has 1 unspecified atom stereocenters. The summed E-state index contributed by atoms with van der Waals surface area (Å²) in [5.41, 5.74) is 0. The van der Waals surface area contributed by atoms with Crippen LogP contribution in [0.4, 0.5) is 0 Å². The number of hydrogen-bond acceptors (Lipinski definition) is 4. The highest BCUT2D eigenvalue weighted by Gasteiger charge is 2.28. The summed E-state index contributed by atoms with van der Waals surface area (Å²) in [5.74, 6) is -0.672. The lowest BCUT2D eigenvalue weighted by molar-refractivity contribution is -0.144. The lowest BCUT2D eigenvalue weighted by Gasteiger charge is -2.36. The van der Waals surface area contributed by atoms with E-state index in [2.05, 4.69) is 5.32 Å². The van der Waals surface area contributed by atoms with Crippen LogP contribution in [0.1, 0.15) is 19.8 Å². The first-order valence-corrected chi connectivity index (χ1v) is 6.56. The van der Waals surface area contributed by atoms with Gasteiger partial charge < -0.3 is 15.3 Å². The fourth-order valence-corrected chi connectivity index (χ4v) is 2.15. The number of carboxylic acid groups (broad SMARTS) is 1. The second-order valence-electron chi connectivity index (χ2n) is 5.09. The molecule has 1 saturated heterocycles. The third kappa shape index (κ3) is 3.43. The standard InChI is InChI=1S/C12H21N3O3/c1-9(12(17)18)14-4-6-15(7-5-14)11(16)8-13-10-2-3-10/h9-10,13H,2-8H2,1H3,(H,17,18). The second kappa shape index (κ2) is 5.67. The zero-order valence-electron chi connectivity index (χ0n) is 10.8. The summed E-state index contributed by atoms with van der Waals surface area (Å²) >= 11 is 0. The highest BCUT2D eigenvalue weighted by Crippen LogP contribution is 2.18. The van der Waals surface area contributed by atoms with Crippen LogP contribution in [0.3, 0.4) is 0 Å². The number of nitrogens with one attached hydrogen (secondary N) is 1. The third-order valence-electron chi connectivity index (χ3n) is 3.69. The van der Waals surface area contributed by atoms with Crippen LogP contribution in [-0.2, 0) is 9.59 Å². The minimum atomic E-state index is -0.801. The van der Waals surface area contributed by atoms with Crippen molar-refractivity contribution in [2.75, 3.05) is 32.7 Å². The van der Waals surface area contributed by atoms with Crippen molar-refractivity contribution in [1.29, 1.82) is 0 Å². The van der Waals surface area contributed by atoms with Gasteiger partial charge in [0.15, 0.2) is 0 Å². The lowest BCUT2D eigenvalue weighted by Crippen LogP contribution is -2.54. The predicted octanol–water partition coefficient (Wildman–Crippen LogP) is -0.644. The first-order valence-electron chi connectivity index (χ1n) is 6.56. The van der Waals surface area contributed by atoms with Crippen molar-refractivity contribution in [3.8, 4) is 0 Å². The maximum Gasteiger partial charge on any atom is 0.320 e. The summed E-state index contributed by atoms with van der Waals surface area (Å²) in [6.07, 6.45) is 2.36. The lowest BCUT2D eigenvalue weighted by atomic mass is 10.2. The van der Waals surface area contributed by atoms with E-state index in [1.54, 1.807) is 6.92 Å². The number of hydrogen-bond donors (Lipinski definition) is 2. The summed E-state index contributed by atoms with van der Waals surface area (Å²) in [6, 6.07) is 0.0779. The Hall–Kier alpha value is -1.14. The molecule has 1 aliphatic heterocycles. The fraction of sp³-hybridized carbons (Fsp3) is 0.833. The van der Waals surface area contributed by atoms with Crippen molar-refractivity contribution in [3.63, 3.8) is 0 Å². The number of rotatable bonds is 5. The number of nitrogens with zero attached hydrogens (tertiary/aromatic N) is 2. The largest absolute Gasteiger partial charge is 0.480 e. The molecule has 0 bridgehead atoms. The molecular formula is C12H21N3O3. The molecule has 102 valence electrons. The number of carbonyl (C=O) groups is 2. The number of carboxylic acids is 1. The van der Waals surface area contributed by atoms with E-state index in [4.69, 9.17) is 5.11 Å². The molecule has 0 aromatic carbocycles. The van der Waals surface area contributed by atoms with Crippen molar-refractivity contribution in [1.82, 2.24) is 15.1 Å². The molecule has 0 radical (unpaired) electrons. The summed E-state index contributed by atoms with van der Waals surface area (Å²) in [7, 11) is 0. The molecule has 1 saturated carbocycles. The highest BCUT2D eigenvalue weighted by molar-refractivity contribution is 5.78.